The predicted octanol–water partition coefficient (Wildman–Crippen LogP) is 3.74. The number of hydrogen-bond acceptors (Lipinski definition) is 5. The highest BCUT2D eigenvalue weighted by molar-refractivity contribution is 5.81. The van der Waals surface area contributed by atoms with Crippen molar-refractivity contribution in [2.45, 2.75) is 0 Å². The number of benzene rings is 3. The Bertz CT molecular complexity index is 1210. The quantitative estimate of drug-likeness (QED) is 0.530. The Morgan fingerprint density at radius 2 is 1.15 bits per heavy atom. The maximum atomic E-state index is 9.59. The van der Waals surface area contributed by atoms with E-state index >= 15 is 0 Å². The lowest BCUT2D eigenvalue weighted by molar-refractivity contribution is 0.475. The van der Waals surface area contributed by atoms with Gasteiger partial charge in [-0.1, -0.05) is 24.3 Å². The first-order chi connectivity index (χ1) is 12.8. The Balaban J connectivity index is 1.81. The Kier molecular flexibility index (Phi) is 3.15. The smallest absolute Gasteiger partial charge is 0.201 e. The first-order valence-electron chi connectivity index (χ1n) is 8.16. The number of phenols is 1. The molecular formula is C20H13N5O. The minimum atomic E-state index is 0.201. The average Bonchev–Trinajstić information content (AvgIpc) is 3.12. The van der Waals surface area contributed by atoms with Gasteiger partial charge in [-0.05, 0) is 48.5 Å². The van der Waals surface area contributed by atoms with E-state index in [1.54, 1.807) is 24.3 Å². The van der Waals surface area contributed by atoms with Crippen LogP contribution >= 0.6 is 0 Å². The van der Waals surface area contributed by atoms with E-state index < -0.39 is 0 Å². The van der Waals surface area contributed by atoms with Gasteiger partial charge < -0.3 is 5.11 Å². The highest BCUT2D eigenvalue weighted by Gasteiger charge is 2.15. The molecule has 0 saturated heterocycles. The molecule has 3 aromatic carbocycles. The molecule has 0 spiro atoms. The molecule has 0 bridgehead atoms. The molecule has 2 heterocycles. The van der Waals surface area contributed by atoms with Crippen molar-refractivity contribution in [3.8, 4) is 22.8 Å². The Hall–Kier alpha value is -3.80. The van der Waals surface area contributed by atoms with Crippen molar-refractivity contribution >= 4 is 22.1 Å². The van der Waals surface area contributed by atoms with Crippen LogP contribution in [0.1, 0.15) is 0 Å². The second-order valence-corrected chi connectivity index (χ2v) is 5.91. The summed E-state index contributed by atoms with van der Waals surface area (Å²) < 4.78 is 0. The lowest BCUT2D eigenvalue weighted by atomic mass is 10.1. The molecule has 0 fully saturated rings. The fourth-order valence-electron chi connectivity index (χ4n) is 2.90. The van der Waals surface area contributed by atoms with Gasteiger partial charge in [-0.25, -0.2) is 9.97 Å². The molecule has 5 aromatic rings. The van der Waals surface area contributed by atoms with Gasteiger partial charge in [-0.3, -0.25) is 0 Å². The van der Waals surface area contributed by atoms with E-state index in [1.807, 2.05) is 48.5 Å². The van der Waals surface area contributed by atoms with E-state index in [0.29, 0.717) is 11.5 Å². The van der Waals surface area contributed by atoms with Crippen molar-refractivity contribution < 1.29 is 5.11 Å². The molecule has 0 aliphatic heterocycles. The van der Waals surface area contributed by atoms with Gasteiger partial charge in [0, 0.05) is 5.56 Å². The molecule has 0 unspecified atom stereocenters. The maximum absolute atomic E-state index is 9.59. The molecule has 26 heavy (non-hydrogen) atoms. The zero-order valence-electron chi connectivity index (χ0n) is 13.6. The van der Waals surface area contributed by atoms with Crippen LogP contribution in [0.15, 0.2) is 72.8 Å². The molecule has 6 heteroatoms. The van der Waals surface area contributed by atoms with E-state index in [2.05, 4.69) is 10.2 Å². The number of para-hydroxylation sites is 2. The summed E-state index contributed by atoms with van der Waals surface area (Å²) in [7, 11) is 0. The third kappa shape index (κ3) is 2.36. The van der Waals surface area contributed by atoms with Gasteiger partial charge in [0.25, 0.3) is 0 Å². The normalized spacial score (nSPS) is 11.2. The molecule has 1 N–H and O–H groups in total. The van der Waals surface area contributed by atoms with Gasteiger partial charge in [0.2, 0.25) is 5.82 Å². The van der Waals surface area contributed by atoms with Crippen molar-refractivity contribution in [2.75, 3.05) is 0 Å². The SMILES string of the molecule is Oc1ccc(-c2nc3ccccc3nc2-n2nc3ccccc3n2)cc1. The van der Waals surface area contributed by atoms with E-state index in [4.69, 9.17) is 9.97 Å². The zero-order valence-corrected chi connectivity index (χ0v) is 13.6. The summed E-state index contributed by atoms with van der Waals surface area (Å²) in [5.74, 6) is 0.748. The van der Waals surface area contributed by atoms with Crippen LogP contribution in [0.25, 0.3) is 39.1 Å². The molecule has 6 nitrogen and oxygen atoms in total. The zero-order chi connectivity index (χ0) is 17.5. The number of aromatic hydroxyl groups is 1. The molecule has 0 saturated carbocycles. The molecule has 0 atom stereocenters. The van der Waals surface area contributed by atoms with Crippen LogP contribution < -0.4 is 0 Å². The molecule has 0 aliphatic rings. The van der Waals surface area contributed by atoms with Crippen LogP contribution in [-0.4, -0.2) is 30.1 Å². The Labute approximate surface area is 148 Å². The van der Waals surface area contributed by atoms with E-state index in [0.717, 1.165) is 27.6 Å². The number of rotatable bonds is 2. The van der Waals surface area contributed by atoms with E-state index in [-0.39, 0.29) is 5.75 Å². The summed E-state index contributed by atoms with van der Waals surface area (Å²) in [5.41, 5.74) is 4.63. The van der Waals surface area contributed by atoms with Crippen molar-refractivity contribution in [3.05, 3.63) is 72.8 Å². The average molecular weight is 339 g/mol. The second-order valence-electron chi connectivity index (χ2n) is 5.91. The molecule has 0 amide bonds. The Morgan fingerprint density at radius 1 is 0.615 bits per heavy atom. The summed E-state index contributed by atoms with van der Waals surface area (Å²) in [6.07, 6.45) is 0. The summed E-state index contributed by atoms with van der Waals surface area (Å²) in [4.78, 5) is 11.0. The van der Waals surface area contributed by atoms with Crippen molar-refractivity contribution in [2.24, 2.45) is 0 Å². The first kappa shape index (κ1) is 14.5. The van der Waals surface area contributed by atoms with Crippen molar-refractivity contribution in [1.29, 1.82) is 0 Å². The molecule has 124 valence electrons. The predicted molar refractivity (Wildman–Crippen MR) is 99.1 cm³/mol. The highest BCUT2D eigenvalue weighted by atomic mass is 16.3. The first-order valence-corrected chi connectivity index (χ1v) is 8.16. The molecular weight excluding hydrogens is 326 g/mol. The molecule has 0 aliphatic carbocycles. The van der Waals surface area contributed by atoms with Crippen LogP contribution in [0.3, 0.4) is 0 Å². The van der Waals surface area contributed by atoms with Crippen LogP contribution in [0.2, 0.25) is 0 Å². The lowest BCUT2D eigenvalue weighted by Gasteiger charge is -2.09. The second kappa shape index (κ2) is 5.63. The van der Waals surface area contributed by atoms with Gasteiger partial charge in [0.05, 0.1) is 11.0 Å². The van der Waals surface area contributed by atoms with Crippen LogP contribution in [0.5, 0.6) is 5.75 Å². The monoisotopic (exact) mass is 339 g/mol. The van der Waals surface area contributed by atoms with Crippen molar-refractivity contribution in [1.82, 2.24) is 25.0 Å². The van der Waals surface area contributed by atoms with Gasteiger partial charge >= 0.3 is 0 Å². The van der Waals surface area contributed by atoms with Crippen molar-refractivity contribution in [3.63, 3.8) is 0 Å². The standard InChI is InChI=1S/C20H13N5O/c26-14-11-9-13(10-12-14)19-20(22-16-6-2-1-5-15(16)21-19)25-23-17-7-3-4-8-18(17)24-25/h1-12,26H. The van der Waals surface area contributed by atoms with E-state index in [1.165, 1.54) is 4.80 Å². The maximum Gasteiger partial charge on any atom is 0.201 e. The van der Waals surface area contributed by atoms with Gasteiger partial charge in [-0.2, -0.15) is 0 Å². The van der Waals surface area contributed by atoms with Crippen LogP contribution in [0, 0.1) is 0 Å². The van der Waals surface area contributed by atoms with Gasteiger partial charge in [0.1, 0.15) is 22.5 Å². The van der Waals surface area contributed by atoms with Gasteiger partial charge in [-0.15, -0.1) is 15.0 Å². The van der Waals surface area contributed by atoms with Crippen LogP contribution in [0.4, 0.5) is 0 Å². The minimum absolute atomic E-state index is 0.201. The van der Waals surface area contributed by atoms with Gasteiger partial charge in [0.15, 0.2) is 0 Å². The van der Waals surface area contributed by atoms with Crippen LogP contribution in [-0.2, 0) is 0 Å². The third-order valence-corrected chi connectivity index (χ3v) is 4.17. The summed E-state index contributed by atoms with van der Waals surface area (Å²) in [6.45, 7) is 0. The minimum Gasteiger partial charge on any atom is -0.508 e. The Morgan fingerprint density at radius 3 is 1.77 bits per heavy atom. The number of fused-ring (bicyclic) bond motifs is 2. The fraction of sp³-hybridized carbons (Fsp3) is 0. The molecule has 2 aromatic heterocycles. The highest BCUT2D eigenvalue weighted by Crippen LogP contribution is 2.27. The van der Waals surface area contributed by atoms with E-state index in [9.17, 15) is 5.11 Å². The summed E-state index contributed by atoms with van der Waals surface area (Å²) in [6, 6.07) is 22.2. The third-order valence-electron chi connectivity index (χ3n) is 4.17. The number of nitrogens with zero attached hydrogens (tertiary/aromatic N) is 5. The largest absolute Gasteiger partial charge is 0.508 e. The lowest BCUT2D eigenvalue weighted by Crippen LogP contribution is -2.06. The summed E-state index contributed by atoms with van der Waals surface area (Å²) >= 11 is 0. The number of aromatic nitrogens is 5. The fourth-order valence-corrected chi connectivity index (χ4v) is 2.90. The molecule has 5 rings (SSSR count). The topological polar surface area (TPSA) is 76.7 Å². The molecule has 0 radical (unpaired) electrons. The summed E-state index contributed by atoms with van der Waals surface area (Å²) in [5, 5.41) is 18.7. The number of hydrogen-bond donors (Lipinski definition) is 1. The number of phenolic OH excluding ortho intramolecular Hbond substituents is 1.